The highest BCUT2D eigenvalue weighted by Gasteiger charge is 2.18. The minimum Gasteiger partial charge on any atom is -0.489 e. The van der Waals surface area contributed by atoms with Crippen molar-refractivity contribution >= 4 is 5.69 Å². The number of fused-ring (bicyclic) bond motifs is 1. The van der Waals surface area contributed by atoms with Crippen LogP contribution in [-0.4, -0.2) is 44.4 Å². The van der Waals surface area contributed by atoms with E-state index < -0.39 is 0 Å². The van der Waals surface area contributed by atoms with Gasteiger partial charge in [0.2, 0.25) is 0 Å². The minimum absolute atomic E-state index is 0.539. The summed E-state index contributed by atoms with van der Waals surface area (Å²) < 4.78 is 11.1. The number of ether oxygens (including phenoxy) is 2. The van der Waals surface area contributed by atoms with Crippen molar-refractivity contribution < 1.29 is 9.47 Å². The molecule has 0 bridgehead atoms. The Morgan fingerprint density at radius 1 is 1.45 bits per heavy atom. The molecule has 0 aromatic heterocycles. The summed E-state index contributed by atoms with van der Waals surface area (Å²) >= 11 is 0. The van der Waals surface area contributed by atoms with Crippen LogP contribution in [0.25, 0.3) is 0 Å². The van der Waals surface area contributed by atoms with Crippen LogP contribution in [0.15, 0.2) is 18.2 Å². The van der Waals surface area contributed by atoms with E-state index in [-0.39, 0.29) is 0 Å². The van der Waals surface area contributed by atoms with E-state index in [2.05, 4.69) is 42.3 Å². The molecule has 0 saturated heterocycles. The lowest BCUT2D eigenvalue weighted by Crippen LogP contribution is -2.35. The first kappa shape index (κ1) is 15.1. The van der Waals surface area contributed by atoms with Gasteiger partial charge >= 0.3 is 0 Å². The Kier molecular flexibility index (Phi) is 5.68. The van der Waals surface area contributed by atoms with E-state index in [1.165, 1.54) is 5.56 Å². The zero-order valence-corrected chi connectivity index (χ0v) is 12.8. The van der Waals surface area contributed by atoms with Crippen molar-refractivity contribution in [2.24, 2.45) is 0 Å². The van der Waals surface area contributed by atoms with Gasteiger partial charge in [-0.25, -0.2) is 0 Å². The van der Waals surface area contributed by atoms with Gasteiger partial charge in [0.15, 0.2) is 0 Å². The first-order valence-electron chi connectivity index (χ1n) is 7.47. The van der Waals surface area contributed by atoms with E-state index in [1.54, 1.807) is 7.11 Å². The van der Waals surface area contributed by atoms with Crippen molar-refractivity contribution in [2.75, 3.05) is 38.7 Å². The molecule has 112 valence electrons. The average Bonchev–Trinajstić information content (AvgIpc) is 2.50. The van der Waals surface area contributed by atoms with Crippen molar-refractivity contribution in [3.05, 3.63) is 23.8 Å². The predicted octanol–water partition coefficient (Wildman–Crippen LogP) is 2.74. The van der Waals surface area contributed by atoms with E-state index in [9.17, 15) is 0 Å². The van der Waals surface area contributed by atoms with Crippen LogP contribution in [0, 0.1) is 0 Å². The second-order valence-electron chi connectivity index (χ2n) is 5.29. The molecule has 1 aliphatic heterocycles. The molecule has 1 atom stereocenters. The molecule has 0 fully saturated rings. The summed E-state index contributed by atoms with van der Waals surface area (Å²) in [5.41, 5.74) is 2.37. The summed E-state index contributed by atoms with van der Waals surface area (Å²) in [5, 5.41) is 3.39. The van der Waals surface area contributed by atoms with Crippen molar-refractivity contribution in [3.8, 4) is 5.75 Å². The number of benzene rings is 1. The van der Waals surface area contributed by atoms with Crippen LogP contribution in [0.1, 0.15) is 25.8 Å². The van der Waals surface area contributed by atoms with E-state index in [4.69, 9.17) is 9.47 Å². The lowest BCUT2D eigenvalue weighted by atomic mass is 10.1. The van der Waals surface area contributed by atoms with Crippen LogP contribution in [0.3, 0.4) is 0 Å². The third kappa shape index (κ3) is 3.64. The molecule has 0 saturated carbocycles. The van der Waals surface area contributed by atoms with Gasteiger partial charge in [-0.2, -0.15) is 0 Å². The highest BCUT2D eigenvalue weighted by Crippen LogP contribution is 2.32. The predicted molar refractivity (Wildman–Crippen MR) is 82.5 cm³/mol. The number of hydrogen-bond acceptors (Lipinski definition) is 4. The maximum atomic E-state index is 5.85. The average molecular weight is 278 g/mol. The topological polar surface area (TPSA) is 33.7 Å². The summed E-state index contributed by atoms with van der Waals surface area (Å²) in [6.07, 6.45) is 1.14. The normalized spacial score (nSPS) is 15.4. The lowest BCUT2D eigenvalue weighted by Gasteiger charge is -2.30. The number of anilines is 1. The fourth-order valence-corrected chi connectivity index (χ4v) is 2.50. The fraction of sp³-hybridized carbons (Fsp3) is 0.625. The molecule has 1 N–H and O–H groups in total. The number of nitrogens with one attached hydrogen (secondary N) is 1. The quantitative estimate of drug-likeness (QED) is 0.831. The molecule has 0 radical (unpaired) electrons. The summed E-state index contributed by atoms with van der Waals surface area (Å²) in [6.45, 7) is 8.73. The van der Waals surface area contributed by atoms with E-state index in [0.29, 0.717) is 6.04 Å². The van der Waals surface area contributed by atoms with Crippen molar-refractivity contribution in [1.29, 1.82) is 0 Å². The van der Waals surface area contributed by atoms with Crippen LogP contribution in [-0.2, 0) is 11.3 Å². The first-order valence-corrected chi connectivity index (χ1v) is 7.47. The van der Waals surface area contributed by atoms with E-state index in [0.717, 1.165) is 50.7 Å². The van der Waals surface area contributed by atoms with Crippen molar-refractivity contribution in [2.45, 2.75) is 32.9 Å². The molecule has 1 aliphatic rings. The van der Waals surface area contributed by atoms with Gasteiger partial charge in [-0.3, -0.25) is 4.90 Å². The molecule has 1 heterocycles. The van der Waals surface area contributed by atoms with Gasteiger partial charge in [0.05, 0.1) is 12.3 Å². The number of para-hydroxylation sites is 1. The van der Waals surface area contributed by atoms with Gasteiger partial charge in [0, 0.05) is 38.3 Å². The molecule has 4 heteroatoms. The van der Waals surface area contributed by atoms with Crippen LogP contribution in [0.4, 0.5) is 5.69 Å². The third-order valence-electron chi connectivity index (χ3n) is 3.93. The fourth-order valence-electron chi connectivity index (χ4n) is 2.50. The molecule has 0 amide bonds. The Hall–Kier alpha value is -1.26. The Morgan fingerprint density at radius 3 is 3.05 bits per heavy atom. The van der Waals surface area contributed by atoms with Crippen molar-refractivity contribution in [1.82, 2.24) is 4.90 Å². The number of nitrogens with zero attached hydrogens (tertiary/aromatic N) is 1. The van der Waals surface area contributed by atoms with Gasteiger partial charge in [0.1, 0.15) is 12.4 Å². The van der Waals surface area contributed by atoms with Gasteiger partial charge in [-0.15, -0.1) is 0 Å². The Bertz CT molecular complexity index is 423. The number of methoxy groups -OCH3 is 1. The summed E-state index contributed by atoms with van der Waals surface area (Å²) in [5.74, 6) is 1.02. The molecule has 1 aromatic carbocycles. The highest BCUT2D eigenvalue weighted by atomic mass is 16.5. The zero-order chi connectivity index (χ0) is 14.4. The highest BCUT2D eigenvalue weighted by molar-refractivity contribution is 5.61. The molecule has 4 nitrogen and oxygen atoms in total. The Morgan fingerprint density at radius 2 is 2.30 bits per heavy atom. The SMILES string of the molecule is CCC(C)N(CCOC)Cc1cccc2c1OCCN2. The second kappa shape index (κ2) is 7.50. The third-order valence-corrected chi connectivity index (χ3v) is 3.93. The molecule has 20 heavy (non-hydrogen) atoms. The molecule has 0 spiro atoms. The lowest BCUT2D eigenvalue weighted by molar-refractivity contribution is 0.117. The monoisotopic (exact) mass is 278 g/mol. The molecule has 1 aromatic rings. The first-order chi connectivity index (χ1) is 9.76. The van der Waals surface area contributed by atoms with E-state index in [1.807, 2.05) is 0 Å². The molecule has 1 unspecified atom stereocenters. The summed E-state index contributed by atoms with van der Waals surface area (Å²) in [6, 6.07) is 6.88. The zero-order valence-electron chi connectivity index (χ0n) is 12.8. The number of rotatable bonds is 7. The second-order valence-corrected chi connectivity index (χ2v) is 5.29. The van der Waals surface area contributed by atoms with Crippen LogP contribution >= 0.6 is 0 Å². The van der Waals surface area contributed by atoms with E-state index >= 15 is 0 Å². The van der Waals surface area contributed by atoms with Gasteiger partial charge in [-0.1, -0.05) is 19.1 Å². The smallest absolute Gasteiger partial charge is 0.146 e. The summed E-state index contributed by atoms with van der Waals surface area (Å²) in [7, 11) is 1.76. The minimum atomic E-state index is 0.539. The molecular formula is C16H26N2O2. The van der Waals surface area contributed by atoms with Crippen molar-refractivity contribution in [3.63, 3.8) is 0 Å². The maximum absolute atomic E-state index is 5.85. The molecule has 2 rings (SSSR count). The standard InChI is InChI=1S/C16H26N2O2/c1-4-13(2)18(9-11-19-3)12-14-6-5-7-15-16(14)20-10-8-17-15/h5-7,13,17H,4,8-12H2,1-3H3. The van der Waals surface area contributed by atoms with Gasteiger partial charge in [-0.05, 0) is 19.4 Å². The van der Waals surface area contributed by atoms with Crippen LogP contribution < -0.4 is 10.1 Å². The molecular weight excluding hydrogens is 252 g/mol. The summed E-state index contributed by atoms with van der Waals surface area (Å²) in [4.78, 5) is 2.46. The Balaban J connectivity index is 2.13. The van der Waals surface area contributed by atoms with Crippen LogP contribution in [0.2, 0.25) is 0 Å². The van der Waals surface area contributed by atoms with Gasteiger partial charge in [0.25, 0.3) is 0 Å². The largest absolute Gasteiger partial charge is 0.489 e. The van der Waals surface area contributed by atoms with Gasteiger partial charge < -0.3 is 14.8 Å². The maximum Gasteiger partial charge on any atom is 0.146 e. The molecule has 0 aliphatic carbocycles. The van der Waals surface area contributed by atoms with Crippen LogP contribution in [0.5, 0.6) is 5.75 Å². The Labute approximate surface area is 122 Å². The number of hydrogen-bond donors (Lipinski definition) is 1.